The molecule has 1 heterocycles. The molecule has 0 aliphatic heterocycles. The van der Waals surface area contributed by atoms with Crippen LogP contribution in [0.15, 0.2) is 66.7 Å². The van der Waals surface area contributed by atoms with Crippen LogP contribution in [0, 0.1) is 6.92 Å². The van der Waals surface area contributed by atoms with Gasteiger partial charge in [-0.25, -0.2) is 4.98 Å². The number of carbonyl (C=O) groups is 1. The number of fused-ring (bicyclic) bond motifs is 1. The second-order valence-corrected chi connectivity index (χ2v) is 8.41. The highest BCUT2D eigenvalue weighted by atomic mass is 35.5. The Kier molecular flexibility index (Phi) is 6.30. The molecule has 0 saturated heterocycles. The van der Waals surface area contributed by atoms with Gasteiger partial charge in [0.05, 0.1) is 27.1 Å². The van der Waals surface area contributed by atoms with Gasteiger partial charge < -0.3 is 9.88 Å². The van der Waals surface area contributed by atoms with Gasteiger partial charge in [-0.15, -0.1) is 0 Å². The second-order valence-electron chi connectivity index (χ2n) is 7.59. The Morgan fingerprint density at radius 1 is 1.03 bits per heavy atom. The highest BCUT2D eigenvalue weighted by molar-refractivity contribution is 6.42. The van der Waals surface area contributed by atoms with Crippen molar-refractivity contribution in [2.24, 2.45) is 0 Å². The van der Waals surface area contributed by atoms with Gasteiger partial charge in [-0.05, 0) is 55.3 Å². The molecule has 158 valence electrons. The molecule has 6 heteroatoms. The zero-order valence-corrected chi connectivity index (χ0v) is 18.9. The van der Waals surface area contributed by atoms with E-state index in [1.54, 1.807) is 6.07 Å². The fraction of sp³-hybridized carbons (Fsp3) is 0.200. The fourth-order valence-electron chi connectivity index (χ4n) is 3.64. The Morgan fingerprint density at radius 3 is 2.48 bits per heavy atom. The number of aryl methyl sites for hydroxylation is 1. The minimum absolute atomic E-state index is 0.111. The van der Waals surface area contributed by atoms with Crippen LogP contribution < -0.4 is 5.32 Å². The molecule has 4 rings (SSSR count). The molecule has 0 aliphatic rings. The van der Waals surface area contributed by atoms with Crippen LogP contribution >= 0.6 is 23.2 Å². The third-order valence-electron chi connectivity index (χ3n) is 5.35. The number of imidazole rings is 1. The van der Waals surface area contributed by atoms with Crippen LogP contribution in [-0.4, -0.2) is 15.5 Å². The van der Waals surface area contributed by atoms with Gasteiger partial charge in [-0.1, -0.05) is 66.0 Å². The van der Waals surface area contributed by atoms with Gasteiger partial charge in [0.15, 0.2) is 0 Å². The summed E-state index contributed by atoms with van der Waals surface area (Å²) in [4.78, 5) is 17.8. The number of halogens is 2. The maximum absolute atomic E-state index is 12.9. The van der Waals surface area contributed by atoms with Crippen molar-refractivity contribution in [1.82, 2.24) is 14.9 Å². The maximum Gasteiger partial charge on any atom is 0.251 e. The van der Waals surface area contributed by atoms with Gasteiger partial charge in [0.1, 0.15) is 5.82 Å². The smallest absolute Gasteiger partial charge is 0.251 e. The molecule has 0 spiro atoms. The molecule has 1 aromatic heterocycles. The highest BCUT2D eigenvalue weighted by Crippen LogP contribution is 2.27. The van der Waals surface area contributed by atoms with E-state index >= 15 is 0 Å². The van der Waals surface area contributed by atoms with E-state index in [1.165, 1.54) is 0 Å². The zero-order chi connectivity index (χ0) is 22.0. The normalized spacial score (nSPS) is 12.1. The molecule has 1 atom stereocenters. The lowest BCUT2D eigenvalue weighted by Gasteiger charge is -2.19. The lowest BCUT2D eigenvalue weighted by Crippen LogP contribution is -2.30. The molecule has 1 unspecified atom stereocenters. The number of para-hydroxylation sites is 2. The van der Waals surface area contributed by atoms with Gasteiger partial charge in [-0.3, -0.25) is 4.79 Å². The summed E-state index contributed by atoms with van der Waals surface area (Å²) in [5, 5.41) is 4.20. The molecule has 0 fully saturated rings. The molecule has 1 amide bonds. The van der Waals surface area contributed by atoms with Crippen molar-refractivity contribution >= 4 is 40.1 Å². The summed E-state index contributed by atoms with van der Waals surface area (Å²) in [7, 11) is 0. The molecule has 1 N–H and O–H groups in total. The fourth-order valence-corrected chi connectivity index (χ4v) is 3.96. The molecule has 0 aliphatic carbocycles. The van der Waals surface area contributed by atoms with E-state index in [0.717, 1.165) is 28.0 Å². The Hall–Kier alpha value is -2.82. The predicted molar refractivity (Wildman–Crippen MR) is 127 cm³/mol. The number of rotatable bonds is 6. The topological polar surface area (TPSA) is 46.9 Å². The van der Waals surface area contributed by atoms with Crippen molar-refractivity contribution in [3.05, 3.63) is 99.3 Å². The van der Waals surface area contributed by atoms with Crippen LogP contribution in [0.3, 0.4) is 0 Å². The van der Waals surface area contributed by atoms with Crippen molar-refractivity contribution in [1.29, 1.82) is 0 Å². The van der Waals surface area contributed by atoms with Gasteiger partial charge >= 0.3 is 0 Å². The lowest BCUT2D eigenvalue weighted by molar-refractivity contribution is 0.0933. The van der Waals surface area contributed by atoms with E-state index < -0.39 is 0 Å². The molecular weight excluding hydrogens is 429 g/mol. The number of hydrogen-bond acceptors (Lipinski definition) is 2. The molecule has 0 bridgehead atoms. The van der Waals surface area contributed by atoms with Crippen molar-refractivity contribution in [2.45, 2.75) is 32.9 Å². The van der Waals surface area contributed by atoms with Crippen molar-refractivity contribution in [3.63, 3.8) is 0 Å². The monoisotopic (exact) mass is 451 g/mol. The first-order valence-electron chi connectivity index (χ1n) is 10.2. The maximum atomic E-state index is 12.9. The number of amides is 1. The Bertz CT molecular complexity index is 1230. The van der Waals surface area contributed by atoms with Crippen LogP contribution in [0.5, 0.6) is 0 Å². The van der Waals surface area contributed by atoms with Crippen LogP contribution in [0.4, 0.5) is 0 Å². The van der Waals surface area contributed by atoms with E-state index in [2.05, 4.69) is 9.88 Å². The molecule has 31 heavy (non-hydrogen) atoms. The molecular formula is C25H23Cl2N3O. The predicted octanol–water partition coefficient (Wildman–Crippen LogP) is 6.58. The molecule has 4 aromatic rings. The van der Waals surface area contributed by atoms with E-state index in [-0.39, 0.29) is 11.9 Å². The first-order chi connectivity index (χ1) is 15.0. The number of nitrogens with zero attached hydrogens (tertiary/aromatic N) is 2. The summed E-state index contributed by atoms with van der Waals surface area (Å²) in [6.45, 7) is 4.62. The standard InChI is InChI=1S/C25H23Cl2N3O/c1-3-21(29-25(31)18-11-8-16(2)9-12-18)24-28-22-6-4-5-7-23(22)30(24)15-17-10-13-19(26)20(27)14-17/h4-14,21H,3,15H2,1-2H3,(H,29,31). The third-order valence-corrected chi connectivity index (χ3v) is 6.09. The number of carbonyl (C=O) groups excluding carboxylic acids is 1. The van der Waals surface area contributed by atoms with E-state index in [4.69, 9.17) is 28.2 Å². The number of hydrogen-bond donors (Lipinski definition) is 1. The van der Waals surface area contributed by atoms with Gasteiger partial charge in [0.2, 0.25) is 0 Å². The number of aromatic nitrogens is 2. The van der Waals surface area contributed by atoms with Crippen LogP contribution in [0.25, 0.3) is 11.0 Å². The summed E-state index contributed by atoms with van der Waals surface area (Å²) in [5.74, 6) is 0.704. The number of benzene rings is 3. The summed E-state index contributed by atoms with van der Waals surface area (Å²) in [6.07, 6.45) is 0.711. The highest BCUT2D eigenvalue weighted by Gasteiger charge is 2.21. The van der Waals surface area contributed by atoms with Crippen molar-refractivity contribution < 1.29 is 4.79 Å². The molecule has 0 radical (unpaired) electrons. The lowest BCUT2D eigenvalue weighted by atomic mass is 10.1. The van der Waals surface area contributed by atoms with E-state index in [9.17, 15) is 4.79 Å². The SMILES string of the molecule is CCC(NC(=O)c1ccc(C)cc1)c1nc2ccccc2n1Cc1ccc(Cl)c(Cl)c1. The van der Waals surface area contributed by atoms with Crippen molar-refractivity contribution in [3.8, 4) is 0 Å². The first-order valence-corrected chi connectivity index (χ1v) is 11.0. The average Bonchev–Trinajstić information content (AvgIpc) is 3.13. The van der Waals surface area contributed by atoms with E-state index in [0.29, 0.717) is 28.6 Å². The Labute approximate surface area is 191 Å². The largest absolute Gasteiger partial charge is 0.342 e. The van der Waals surface area contributed by atoms with Crippen molar-refractivity contribution in [2.75, 3.05) is 0 Å². The second kappa shape index (κ2) is 9.13. The average molecular weight is 452 g/mol. The molecule has 3 aromatic carbocycles. The summed E-state index contributed by atoms with van der Waals surface area (Å²) in [6, 6.07) is 20.9. The van der Waals surface area contributed by atoms with Gasteiger partial charge in [-0.2, -0.15) is 0 Å². The first kappa shape index (κ1) is 21.4. The number of nitrogens with one attached hydrogen (secondary N) is 1. The van der Waals surface area contributed by atoms with Crippen LogP contribution in [0.1, 0.15) is 46.7 Å². The summed E-state index contributed by atoms with van der Waals surface area (Å²) < 4.78 is 2.14. The summed E-state index contributed by atoms with van der Waals surface area (Å²) >= 11 is 12.3. The molecule has 4 nitrogen and oxygen atoms in total. The van der Waals surface area contributed by atoms with Crippen LogP contribution in [-0.2, 0) is 6.54 Å². The van der Waals surface area contributed by atoms with Crippen LogP contribution in [0.2, 0.25) is 10.0 Å². The minimum Gasteiger partial charge on any atom is -0.342 e. The zero-order valence-electron chi connectivity index (χ0n) is 17.4. The summed E-state index contributed by atoms with van der Waals surface area (Å²) in [5.41, 5.74) is 4.66. The quantitative estimate of drug-likeness (QED) is 0.359. The molecule has 0 saturated carbocycles. The minimum atomic E-state index is -0.232. The Morgan fingerprint density at radius 2 is 1.77 bits per heavy atom. The Balaban J connectivity index is 1.70. The van der Waals surface area contributed by atoms with Gasteiger partial charge in [0.25, 0.3) is 5.91 Å². The van der Waals surface area contributed by atoms with E-state index in [1.807, 2.05) is 74.5 Å². The van der Waals surface area contributed by atoms with Gasteiger partial charge in [0, 0.05) is 12.1 Å². The third kappa shape index (κ3) is 4.60.